The molecule has 0 bridgehead atoms. The van der Waals surface area contributed by atoms with E-state index in [0.717, 1.165) is 5.56 Å². The second-order valence-corrected chi connectivity index (χ2v) is 8.63. The number of hydrazine groups is 1. The molecule has 0 radical (unpaired) electrons. The maximum absolute atomic E-state index is 13.6. The summed E-state index contributed by atoms with van der Waals surface area (Å²) >= 11 is 0. The SMILES string of the molecule is CCC1C(=O)N(C)c2cncnc2N1N(C(=O)OC(C)(C)C)n1ccnc1-c1ccccc1. The highest BCUT2D eigenvalue weighted by molar-refractivity contribution is 6.05. The molecule has 33 heavy (non-hydrogen) atoms. The molecule has 0 aliphatic carbocycles. The van der Waals surface area contributed by atoms with Gasteiger partial charge in [-0.15, -0.1) is 5.12 Å². The third kappa shape index (κ3) is 4.11. The Kier molecular flexibility index (Phi) is 5.75. The minimum Gasteiger partial charge on any atom is -0.441 e. The summed E-state index contributed by atoms with van der Waals surface area (Å²) in [4.78, 5) is 41.4. The summed E-state index contributed by atoms with van der Waals surface area (Å²) < 4.78 is 7.35. The smallest absolute Gasteiger partial charge is 0.441 e. The molecular weight excluding hydrogens is 422 g/mol. The summed E-state index contributed by atoms with van der Waals surface area (Å²) in [6, 6.07) is 8.78. The highest BCUT2D eigenvalue weighted by Gasteiger charge is 2.44. The first-order valence-electron chi connectivity index (χ1n) is 10.7. The minimum atomic E-state index is -0.768. The number of likely N-dealkylation sites (N-methyl/N-ethyl adjacent to an activating group) is 1. The largest absolute Gasteiger partial charge is 0.449 e. The molecule has 1 aliphatic heterocycles. The topological polar surface area (TPSA) is 96.7 Å². The average Bonchev–Trinajstić information content (AvgIpc) is 3.26. The molecular formula is C23H27N7O3. The molecule has 172 valence electrons. The lowest BCUT2D eigenvalue weighted by Gasteiger charge is -2.45. The van der Waals surface area contributed by atoms with Crippen molar-refractivity contribution >= 4 is 23.5 Å². The molecule has 3 heterocycles. The normalized spacial score (nSPS) is 15.9. The molecule has 0 fully saturated rings. The van der Waals surface area contributed by atoms with Gasteiger partial charge in [-0.05, 0) is 27.2 Å². The highest BCUT2D eigenvalue weighted by Crippen LogP contribution is 2.35. The molecule has 10 nitrogen and oxygen atoms in total. The summed E-state index contributed by atoms with van der Waals surface area (Å²) in [7, 11) is 1.68. The lowest BCUT2D eigenvalue weighted by atomic mass is 10.1. The fraction of sp³-hybridized carbons (Fsp3) is 0.348. The zero-order chi connectivity index (χ0) is 23.8. The highest BCUT2D eigenvalue weighted by atomic mass is 16.6. The van der Waals surface area contributed by atoms with Crippen LogP contribution in [-0.2, 0) is 9.53 Å². The number of fused-ring (bicyclic) bond motifs is 1. The van der Waals surface area contributed by atoms with Crippen LogP contribution >= 0.6 is 0 Å². The third-order valence-electron chi connectivity index (χ3n) is 5.17. The number of imidazole rings is 1. The van der Waals surface area contributed by atoms with Crippen molar-refractivity contribution in [2.45, 2.75) is 45.8 Å². The number of aromatic nitrogens is 4. The van der Waals surface area contributed by atoms with Crippen molar-refractivity contribution in [3.05, 3.63) is 55.2 Å². The van der Waals surface area contributed by atoms with Gasteiger partial charge in [0.2, 0.25) is 0 Å². The molecule has 0 spiro atoms. The minimum absolute atomic E-state index is 0.185. The van der Waals surface area contributed by atoms with Crippen molar-refractivity contribution in [2.75, 3.05) is 22.1 Å². The van der Waals surface area contributed by atoms with Crippen LogP contribution in [0.1, 0.15) is 34.1 Å². The number of amides is 2. The zero-order valence-electron chi connectivity index (χ0n) is 19.3. The van der Waals surface area contributed by atoms with Gasteiger partial charge in [0.25, 0.3) is 5.91 Å². The van der Waals surface area contributed by atoms with Gasteiger partial charge >= 0.3 is 6.09 Å². The summed E-state index contributed by atoms with van der Waals surface area (Å²) in [5.41, 5.74) is 0.518. The van der Waals surface area contributed by atoms with Crippen molar-refractivity contribution in [1.82, 2.24) is 19.6 Å². The molecule has 1 aromatic carbocycles. The Morgan fingerprint density at radius 1 is 1.18 bits per heavy atom. The van der Waals surface area contributed by atoms with E-state index in [2.05, 4.69) is 15.0 Å². The van der Waals surface area contributed by atoms with Crippen LogP contribution in [0.3, 0.4) is 0 Å². The zero-order valence-corrected chi connectivity index (χ0v) is 19.3. The van der Waals surface area contributed by atoms with Crippen LogP contribution in [0, 0.1) is 0 Å². The van der Waals surface area contributed by atoms with Crippen molar-refractivity contribution in [3.63, 3.8) is 0 Å². The summed E-state index contributed by atoms with van der Waals surface area (Å²) in [5.74, 6) is 0.741. The number of carbonyl (C=O) groups excluding carboxylic acids is 2. The van der Waals surface area contributed by atoms with Gasteiger partial charge in [-0.25, -0.2) is 29.4 Å². The molecule has 0 N–H and O–H groups in total. The monoisotopic (exact) mass is 449 g/mol. The fourth-order valence-corrected chi connectivity index (χ4v) is 3.72. The van der Waals surface area contributed by atoms with Crippen LogP contribution in [0.2, 0.25) is 0 Å². The van der Waals surface area contributed by atoms with Crippen molar-refractivity contribution < 1.29 is 14.3 Å². The summed E-state index contributed by atoms with van der Waals surface area (Å²) in [5, 5.41) is 2.87. The number of nitrogens with zero attached hydrogens (tertiary/aromatic N) is 7. The first kappa shape index (κ1) is 22.3. The number of anilines is 2. The first-order valence-corrected chi connectivity index (χ1v) is 10.7. The number of hydrogen-bond donors (Lipinski definition) is 0. The van der Waals surface area contributed by atoms with Crippen molar-refractivity contribution in [1.29, 1.82) is 0 Å². The number of carbonyl (C=O) groups is 2. The van der Waals surface area contributed by atoms with Gasteiger partial charge in [0, 0.05) is 25.0 Å². The lowest BCUT2D eigenvalue weighted by molar-refractivity contribution is -0.120. The van der Waals surface area contributed by atoms with Crippen LogP contribution < -0.4 is 15.0 Å². The Morgan fingerprint density at radius 2 is 1.91 bits per heavy atom. The standard InChI is InChI=1S/C23H27N7O3/c1-6-17-21(31)27(5)18-14-24-15-26-20(18)29(17)30(22(32)33-23(2,3)4)28-13-12-25-19(28)16-10-8-7-9-11-16/h7-15,17H,6H2,1-5H3. The number of ether oxygens (including phenoxy) is 1. The van der Waals surface area contributed by atoms with Crippen LogP contribution in [0.15, 0.2) is 55.2 Å². The van der Waals surface area contributed by atoms with Gasteiger partial charge in [0.1, 0.15) is 23.7 Å². The molecule has 1 aliphatic rings. The second kappa shape index (κ2) is 8.53. The summed E-state index contributed by atoms with van der Waals surface area (Å²) in [6.07, 6.45) is 5.96. The predicted octanol–water partition coefficient (Wildman–Crippen LogP) is 3.39. The Balaban J connectivity index is 1.93. The van der Waals surface area contributed by atoms with Crippen LogP contribution in [-0.4, -0.2) is 50.3 Å². The molecule has 0 saturated heterocycles. The lowest BCUT2D eigenvalue weighted by Crippen LogP contribution is -2.65. The van der Waals surface area contributed by atoms with E-state index in [1.807, 2.05) is 37.3 Å². The number of rotatable bonds is 4. The molecule has 3 aromatic rings. The Morgan fingerprint density at radius 3 is 2.58 bits per heavy atom. The molecule has 1 unspecified atom stereocenters. The van der Waals surface area contributed by atoms with Crippen molar-refractivity contribution in [2.24, 2.45) is 0 Å². The van der Waals surface area contributed by atoms with Gasteiger partial charge in [-0.2, -0.15) is 0 Å². The van der Waals surface area contributed by atoms with E-state index in [-0.39, 0.29) is 5.91 Å². The van der Waals surface area contributed by atoms with E-state index in [4.69, 9.17) is 4.74 Å². The van der Waals surface area contributed by atoms with Crippen molar-refractivity contribution in [3.8, 4) is 11.4 Å². The molecule has 2 amide bonds. The van der Waals surface area contributed by atoms with E-state index in [1.54, 1.807) is 56.1 Å². The summed E-state index contributed by atoms with van der Waals surface area (Å²) in [6.45, 7) is 7.25. The second-order valence-electron chi connectivity index (χ2n) is 8.63. The number of benzene rings is 1. The van der Waals surface area contributed by atoms with E-state index < -0.39 is 17.7 Å². The molecule has 4 rings (SSSR count). The maximum atomic E-state index is 13.6. The average molecular weight is 450 g/mol. The van der Waals surface area contributed by atoms with Gasteiger partial charge in [0.05, 0.1) is 6.20 Å². The van der Waals surface area contributed by atoms with E-state index in [0.29, 0.717) is 23.8 Å². The molecule has 1 atom stereocenters. The Labute approximate surface area is 192 Å². The molecule has 10 heteroatoms. The van der Waals surface area contributed by atoms with Crippen LogP contribution in [0.4, 0.5) is 16.3 Å². The Hall–Kier alpha value is -3.95. The van der Waals surface area contributed by atoms with E-state index in [9.17, 15) is 9.59 Å². The quantitative estimate of drug-likeness (QED) is 0.602. The predicted molar refractivity (Wildman–Crippen MR) is 124 cm³/mol. The Bertz CT molecular complexity index is 1160. The third-order valence-corrected chi connectivity index (χ3v) is 5.17. The number of hydrogen-bond acceptors (Lipinski definition) is 7. The first-order chi connectivity index (χ1) is 15.7. The van der Waals surface area contributed by atoms with Crippen LogP contribution in [0.25, 0.3) is 11.4 Å². The van der Waals surface area contributed by atoms with Crippen LogP contribution in [0.5, 0.6) is 0 Å². The van der Waals surface area contributed by atoms with Gasteiger partial charge in [0.15, 0.2) is 11.6 Å². The van der Waals surface area contributed by atoms with Gasteiger partial charge < -0.3 is 9.64 Å². The van der Waals surface area contributed by atoms with Gasteiger partial charge in [-0.3, -0.25) is 4.79 Å². The fourth-order valence-electron chi connectivity index (χ4n) is 3.72. The molecule has 0 saturated carbocycles. The van der Waals surface area contributed by atoms with E-state index >= 15 is 0 Å². The van der Waals surface area contributed by atoms with E-state index in [1.165, 1.54) is 16.3 Å². The molecule has 2 aromatic heterocycles. The maximum Gasteiger partial charge on any atom is 0.449 e. The van der Waals surface area contributed by atoms with Gasteiger partial charge in [-0.1, -0.05) is 37.3 Å².